The lowest BCUT2D eigenvalue weighted by Crippen LogP contribution is -2.55. The average molecular weight is 306 g/mol. The highest BCUT2D eigenvalue weighted by Gasteiger charge is 2.43. The highest BCUT2D eigenvalue weighted by atomic mass is 16.5. The third kappa shape index (κ3) is 2.90. The molecule has 0 aliphatic carbocycles. The molecular formula is C16H26N4O2. The number of ether oxygens (including phenoxy) is 1. The van der Waals surface area contributed by atoms with E-state index in [0.29, 0.717) is 11.9 Å². The zero-order valence-electron chi connectivity index (χ0n) is 13.5. The zero-order chi connectivity index (χ0) is 15.7. The minimum atomic E-state index is -0.353. The molecule has 3 heterocycles. The summed E-state index contributed by atoms with van der Waals surface area (Å²) in [5, 5.41) is 10.3. The Morgan fingerprint density at radius 1 is 1.36 bits per heavy atom. The molecule has 3 rings (SSSR count). The zero-order valence-corrected chi connectivity index (χ0v) is 13.5. The van der Waals surface area contributed by atoms with Crippen LogP contribution in [0.1, 0.15) is 51.1 Å². The van der Waals surface area contributed by atoms with Crippen molar-refractivity contribution in [2.45, 2.75) is 57.2 Å². The number of rotatable bonds is 2. The molecule has 2 fully saturated rings. The second-order valence-corrected chi connectivity index (χ2v) is 6.72. The molecule has 6 heteroatoms. The molecule has 2 saturated heterocycles. The molecule has 0 saturated carbocycles. The summed E-state index contributed by atoms with van der Waals surface area (Å²) < 4.78 is 5.95. The molecule has 0 radical (unpaired) electrons. The van der Waals surface area contributed by atoms with Gasteiger partial charge in [0.05, 0.1) is 17.4 Å². The Labute approximate surface area is 131 Å². The standard InChI is InChI=1S/C16H26N4O2/c1-11(2)12-10-14(19-15(17)18-12)20-7-5-16(6-8-20)13(21)4-3-9-22-16/h10-11,13,21H,3-9H2,1-2H3,(H2,17,18,19). The molecule has 1 aromatic heterocycles. The Morgan fingerprint density at radius 3 is 2.73 bits per heavy atom. The highest BCUT2D eigenvalue weighted by Crippen LogP contribution is 2.36. The van der Waals surface area contributed by atoms with Crippen molar-refractivity contribution in [2.24, 2.45) is 0 Å². The minimum absolute atomic E-state index is 0.323. The molecule has 2 aliphatic heterocycles. The van der Waals surface area contributed by atoms with Crippen molar-refractivity contribution in [3.63, 3.8) is 0 Å². The van der Waals surface area contributed by atoms with Gasteiger partial charge in [0.15, 0.2) is 0 Å². The number of hydrogen-bond donors (Lipinski definition) is 2. The maximum Gasteiger partial charge on any atom is 0.222 e. The third-order valence-corrected chi connectivity index (χ3v) is 4.89. The molecule has 122 valence electrons. The van der Waals surface area contributed by atoms with E-state index in [1.807, 2.05) is 6.07 Å². The highest BCUT2D eigenvalue weighted by molar-refractivity contribution is 5.44. The van der Waals surface area contributed by atoms with Crippen molar-refractivity contribution >= 4 is 11.8 Å². The van der Waals surface area contributed by atoms with E-state index in [-0.39, 0.29) is 11.7 Å². The number of piperidine rings is 1. The van der Waals surface area contributed by atoms with Crippen molar-refractivity contribution in [1.29, 1.82) is 0 Å². The second kappa shape index (κ2) is 6.01. The van der Waals surface area contributed by atoms with Gasteiger partial charge in [-0.25, -0.2) is 4.98 Å². The van der Waals surface area contributed by atoms with Gasteiger partial charge in [0.1, 0.15) is 5.82 Å². The van der Waals surface area contributed by atoms with E-state index in [1.165, 1.54) is 0 Å². The SMILES string of the molecule is CC(C)c1cc(N2CCC3(CC2)OCCCC3O)nc(N)n1. The van der Waals surface area contributed by atoms with Crippen LogP contribution in [0, 0.1) is 0 Å². The molecule has 22 heavy (non-hydrogen) atoms. The van der Waals surface area contributed by atoms with Crippen LogP contribution in [0.3, 0.4) is 0 Å². The van der Waals surface area contributed by atoms with Gasteiger partial charge in [-0.2, -0.15) is 4.98 Å². The van der Waals surface area contributed by atoms with Gasteiger partial charge >= 0.3 is 0 Å². The van der Waals surface area contributed by atoms with Gasteiger partial charge in [0.25, 0.3) is 0 Å². The number of hydrogen-bond acceptors (Lipinski definition) is 6. The Bertz CT molecular complexity index is 527. The Morgan fingerprint density at radius 2 is 2.09 bits per heavy atom. The molecule has 1 atom stereocenters. The van der Waals surface area contributed by atoms with Crippen LogP contribution in [0.15, 0.2) is 6.07 Å². The van der Waals surface area contributed by atoms with E-state index in [0.717, 1.165) is 56.9 Å². The summed E-state index contributed by atoms with van der Waals surface area (Å²) in [5.74, 6) is 1.54. The quantitative estimate of drug-likeness (QED) is 0.865. The Balaban J connectivity index is 1.74. The molecule has 1 spiro atoms. The lowest BCUT2D eigenvalue weighted by atomic mass is 9.82. The number of anilines is 2. The van der Waals surface area contributed by atoms with E-state index in [9.17, 15) is 5.11 Å². The van der Waals surface area contributed by atoms with Crippen molar-refractivity contribution < 1.29 is 9.84 Å². The summed E-state index contributed by atoms with van der Waals surface area (Å²) in [6.07, 6.45) is 3.11. The number of aliphatic hydroxyl groups is 1. The fourth-order valence-corrected chi connectivity index (χ4v) is 3.43. The third-order valence-electron chi connectivity index (χ3n) is 4.89. The van der Waals surface area contributed by atoms with E-state index in [2.05, 4.69) is 28.7 Å². The summed E-state index contributed by atoms with van der Waals surface area (Å²) >= 11 is 0. The first kappa shape index (κ1) is 15.5. The fraction of sp³-hybridized carbons (Fsp3) is 0.750. The molecule has 0 bridgehead atoms. The lowest BCUT2D eigenvalue weighted by Gasteiger charge is -2.47. The minimum Gasteiger partial charge on any atom is -0.390 e. The molecule has 1 aromatic rings. The Kier molecular flexibility index (Phi) is 4.23. The second-order valence-electron chi connectivity index (χ2n) is 6.72. The summed E-state index contributed by atoms with van der Waals surface area (Å²) in [6, 6.07) is 2.02. The van der Waals surface area contributed by atoms with Gasteiger partial charge < -0.3 is 20.5 Å². The monoisotopic (exact) mass is 306 g/mol. The molecule has 0 aromatic carbocycles. The van der Waals surface area contributed by atoms with Crippen LogP contribution in [0.5, 0.6) is 0 Å². The van der Waals surface area contributed by atoms with Crippen molar-refractivity contribution in [3.05, 3.63) is 11.8 Å². The van der Waals surface area contributed by atoms with Gasteiger partial charge in [0.2, 0.25) is 5.95 Å². The van der Waals surface area contributed by atoms with E-state index < -0.39 is 0 Å². The molecule has 1 unspecified atom stereocenters. The first-order chi connectivity index (χ1) is 10.5. The maximum atomic E-state index is 10.3. The van der Waals surface area contributed by atoms with E-state index >= 15 is 0 Å². The maximum absolute atomic E-state index is 10.3. The molecule has 0 amide bonds. The van der Waals surface area contributed by atoms with Crippen LogP contribution < -0.4 is 10.6 Å². The smallest absolute Gasteiger partial charge is 0.222 e. The number of nitrogens with zero attached hydrogens (tertiary/aromatic N) is 3. The lowest BCUT2D eigenvalue weighted by molar-refractivity contribution is -0.164. The van der Waals surface area contributed by atoms with Gasteiger partial charge in [-0.05, 0) is 31.6 Å². The van der Waals surface area contributed by atoms with Crippen molar-refractivity contribution in [1.82, 2.24) is 9.97 Å². The molecular weight excluding hydrogens is 280 g/mol. The molecule has 3 N–H and O–H groups in total. The summed E-state index contributed by atoms with van der Waals surface area (Å²) in [7, 11) is 0. The Hall–Kier alpha value is -1.40. The number of aliphatic hydroxyl groups excluding tert-OH is 1. The van der Waals surface area contributed by atoms with E-state index in [1.54, 1.807) is 0 Å². The normalized spacial score (nSPS) is 24.9. The fourth-order valence-electron chi connectivity index (χ4n) is 3.43. The van der Waals surface area contributed by atoms with Crippen LogP contribution in [0.25, 0.3) is 0 Å². The van der Waals surface area contributed by atoms with Gasteiger partial charge in [-0.1, -0.05) is 13.8 Å². The number of nitrogens with two attached hydrogens (primary N) is 1. The topological polar surface area (TPSA) is 84.5 Å². The van der Waals surface area contributed by atoms with Crippen LogP contribution in [-0.4, -0.2) is 46.5 Å². The predicted molar refractivity (Wildman–Crippen MR) is 85.9 cm³/mol. The average Bonchev–Trinajstić information content (AvgIpc) is 2.50. The predicted octanol–water partition coefficient (Wildman–Crippen LogP) is 1.69. The van der Waals surface area contributed by atoms with Gasteiger partial charge in [0, 0.05) is 25.8 Å². The van der Waals surface area contributed by atoms with Crippen molar-refractivity contribution in [3.8, 4) is 0 Å². The van der Waals surface area contributed by atoms with Crippen LogP contribution in [0.4, 0.5) is 11.8 Å². The van der Waals surface area contributed by atoms with Crippen LogP contribution >= 0.6 is 0 Å². The number of aromatic nitrogens is 2. The first-order valence-corrected chi connectivity index (χ1v) is 8.21. The largest absolute Gasteiger partial charge is 0.390 e. The molecule has 2 aliphatic rings. The van der Waals surface area contributed by atoms with Crippen molar-refractivity contribution in [2.75, 3.05) is 30.3 Å². The summed E-state index contributed by atoms with van der Waals surface area (Å²) in [5.41, 5.74) is 6.46. The van der Waals surface area contributed by atoms with Gasteiger partial charge in [-0.15, -0.1) is 0 Å². The van der Waals surface area contributed by atoms with E-state index in [4.69, 9.17) is 10.5 Å². The molecule has 6 nitrogen and oxygen atoms in total. The first-order valence-electron chi connectivity index (χ1n) is 8.21. The number of nitrogen functional groups attached to an aromatic ring is 1. The van der Waals surface area contributed by atoms with Crippen LogP contribution in [-0.2, 0) is 4.74 Å². The summed E-state index contributed by atoms with van der Waals surface area (Å²) in [6.45, 7) is 6.61. The summed E-state index contributed by atoms with van der Waals surface area (Å²) in [4.78, 5) is 10.9. The van der Waals surface area contributed by atoms with Crippen LogP contribution in [0.2, 0.25) is 0 Å². The van der Waals surface area contributed by atoms with Gasteiger partial charge in [-0.3, -0.25) is 0 Å².